The molecule has 3 nitrogen and oxygen atoms in total. The van der Waals surface area contributed by atoms with Crippen LogP contribution in [0.3, 0.4) is 0 Å². The molecule has 18 heavy (non-hydrogen) atoms. The minimum Gasteiger partial charge on any atom is -0.352 e. The minimum atomic E-state index is -0.320. The van der Waals surface area contributed by atoms with Crippen LogP contribution in [0.5, 0.6) is 0 Å². The number of amides is 1. The molecule has 104 valence electrons. The summed E-state index contributed by atoms with van der Waals surface area (Å²) in [6.07, 6.45) is 10.1. The molecule has 2 fully saturated rings. The molecule has 3 heteroatoms. The molecule has 2 aliphatic rings. The van der Waals surface area contributed by atoms with Gasteiger partial charge in [-0.1, -0.05) is 25.7 Å². The molecule has 0 aromatic heterocycles. The summed E-state index contributed by atoms with van der Waals surface area (Å²) < 4.78 is 0. The van der Waals surface area contributed by atoms with Crippen LogP contribution < -0.4 is 10.6 Å². The van der Waals surface area contributed by atoms with Gasteiger partial charge < -0.3 is 10.6 Å². The van der Waals surface area contributed by atoms with Crippen molar-refractivity contribution in [3.05, 3.63) is 0 Å². The second-order valence-corrected chi connectivity index (χ2v) is 6.38. The lowest BCUT2D eigenvalue weighted by molar-refractivity contribution is -0.127. The van der Waals surface area contributed by atoms with Crippen LogP contribution in [0.1, 0.15) is 65.2 Å². The van der Waals surface area contributed by atoms with E-state index in [1.165, 1.54) is 38.5 Å². The first-order chi connectivity index (χ1) is 8.62. The van der Waals surface area contributed by atoms with Crippen molar-refractivity contribution in [1.82, 2.24) is 10.6 Å². The standard InChI is InChI=1S/C15H28N2O/c1-12(13-8-5-3-4-6-9-13)17-14(18)15(2)10-7-11-16-15/h12-13,16H,3-11H2,1-2H3,(H,17,18)/t12-,15?/m0/s1. The number of carbonyl (C=O) groups is 1. The molecular weight excluding hydrogens is 224 g/mol. The molecule has 0 aromatic carbocycles. The molecule has 1 saturated carbocycles. The Kier molecular flexibility index (Phi) is 4.66. The smallest absolute Gasteiger partial charge is 0.240 e. The third kappa shape index (κ3) is 3.25. The molecule has 1 amide bonds. The summed E-state index contributed by atoms with van der Waals surface area (Å²) >= 11 is 0. The van der Waals surface area contributed by atoms with Gasteiger partial charge in [0.2, 0.25) is 5.91 Å². The normalized spacial score (nSPS) is 31.9. The fourth-order valence-electron chi connectivity index (χ4n) is 3.38. The maximum absolute atomic E-state index is 12.3. The Morgan fingerprint density at radius 1 is 1.22 bits per heavy atom. The lowest BCUT2D eigenvalue weighted by atomic mass is 9.91. The van der Waals surface area contributed by atoms with Crippen LogP contribution in [0.4, 0.5) is 0 Å². The van der Waals surface area contributed by atoms with Crippen molar-refractivity contribution in [2.45, 2.75) is 76.8 Å². The maximum atomic E-state index is 12.3. The van der Waals surface area contributed by atoms with Crippen molar-refractivity contribution < 1.29 is 4.79 Å². The number of carbonyl (C=O) groups excluding carboxylic acids is 1. The van der Waals surface area contributed by atoms with Gasteiger partial charge in [0.05, 0.1) is 5.54 Å². The van der Waals surface area contributed by atoms with E-state index in [4.69, 9.17) is 0 Å². The molecule has 2 atom stereocenters. The summed E-state index contributed by atoms with van der Waals surface area (Å²) in [5.41, 5.74) is -0.320. The molecule has 0 aromatic rings. The monoisotopic (exact) mass is 252 g/mol. The lowest BCUT2D eigenvalue weighted by Crippen LogP contribution is -2.54. The summed E-state index contributed by atoms with van der Waals surface area (Å²) in [6.45, 7) is 5.20. The first kappa shape index (κ1) is 13.9. The van der Waals surface area contributed by atoms with Crippen LogP contribution in [0.15, 0.2) is 0 Å². The van der Waals surface area contributed by atoms with E-state index in [2.05, 4.69) is 17.6 Å². The van der Waals surface area contributed by atoms with Gasteiger partial charge in [-0.25, -0.2) is 0 Å². The highest BCUT2D eigenvalue weighted by Gasteiger charge is 2.37. The van der Waals surface area contributed by atoms with Crippen LogP contribution in [0.2, 0.25) is 0 Å². The minimum absolute atomic E-state index is 0.205. The fraction of sp³-hybridized carbons (Fsp3) is 0.933. The van der Waals surface area contributed by atoms with E-state index >= 15 is 0 Å². The van der Waals surface area contributed by atoms with E-state index in [-0.39, 0.29) is 11.4 Å². The topological polar surface area (TPSA) is 41.1 Å². The molecule has 2 N–H and O–H groups in total. The van der Waals surface area contributed by atoms with Crippen molar-refractivity contribution in [2.24, 2.45) is 5.92 Å². The zero-order chi connectivity index (χ0) is 13.0. The van der Waals surface area contributed by atoms with Crippen LogP contribution in [-0.2, 0) is 4.79 Å². The van der Waals surface area contributed by atoms with Gasteiger partial charge in [-0.2, -0.15) is 0 Å². The molecule has 1 saturated heterocycles. The Hall–Kier alpha value is -0.570. The first-order valence-electron chi connectivity index (χ1n) is 7.68. The van der Waals surface area contributed by atoms with Crippen LogP contribution in [0, 0.1) is 5.92 Å². The van der Waals surface area contributed by atoms with Gasteiger partial charge in [0.1, 0.15) is 0 Å². The Morgan fingerprint density at radius 3 is 2.44 bits per heavy atom. The number of rotatable bonds is 3. The largest absolute Gasteiger partial charge is 0.352 e. The third-order valence-electron chi connectivity index (χ3n) is 4.84. The lowest BCUT2D eigenvalue weighted by Gasteiger charge is -2.29. The molecule has 1 aliphatic heterocycles. The maximum Gasteiger partial charge on any atom is 0.240 e. The van der Waals surface area contributed by atoms with Gasteiger partial charge in [0.25, 0.3) is 0 Å². The fourth-order valence-corrected chi connectivity index (χ4v) is 3.38. The van der Waals surface area contributed by atoms with Gasteiger partial charge in [-0.15, -0.1) is 0 Å². The van der Waals surface area contributed by atoms with Gasteiger partial charge in [0, 0.05) is 6.04 Å². The molecule has 1 heterocycles. The molecule has 0 spiro atoms. The second kappa shape index (κ2) is 6.05. The van der Waals surface area contributed by atoms with E-state index in [1.807, 2.05) is 6.92 Å². The molecular formula is C15H28N2O. The summed E-state index contributed by atoms with van der Waals surface area (Å²) in [6, 6.07) is 0.329. The highest BCUT2D eigenvalue weighted by molar-refractivity contribution is 5.86. The predicted molar refractivity (Wildman–Crippen MR) is 74.4 cm³/mol. The van der Waals surface area contributed by atoms with Crippen LogP contribution >= 0.6 is 0 Å². The molecule has 0 bridgehead atoms. The van der Waals surface area contributed by atoms with Gasteiger partial charge in [-0.3, -0.25) is 4.79 Å². The number of hydrogen-bond acceptors (Lipinski definition) is 2. The van der Waals surface area contributed by atoms with E-state index in [0.717, 1.165) is 19.4 Å². The Labute approximate surface area is 111 Å². The van der Waals surface area contributed by atoms with Gasteiger partial charge >= 0.3 is 0 Å². The van der Waals surface area contributed by atoms with E-state index in [9.17, 15) is 4.79 Å². The van der Waals surface area contributed by atoms with Gasteiger partial charge in [0.15, 0.2) is 0 Å². The predicted octanol–water partition coefficient (Wildman–Crippen LogP) is 2.60. The van der Waals surface area contributed by atoms with Crippen molar-refractivity contribution in [3.8, 4) is 0 Å². The van der Waals surface area contributed by atoms with E-state index in [1.54, 1.807) is 0 Å². The molecule has 1 aliphatic carbocycles. The average Bonchev–Trinajstić information content (AvgIpc) is 2.65. The first-order valence-corrected chi connectivity index (χ1v) is 7.68. The van der Waals surface area contributed by atoms with Crippen molar-refractivity contribution in [3.63, 3.8) is 0 Å². The molecule has 0 radical (unpaired) electrons. The van der Waals surface area contributed by atoms with E-state index in [0.29, 0.717) is 12.0 Å². The van der Waals surface area contributed by atoms with Crippen molar-refractivity contribution in [2.75, 3.05) is 6.54 Å². The Morgan fingerprint density at radius 2 is 1.89 bits per heavy atom. The summed E-state index contributed by atoms with van der Waals surface area (Å²) in [5, 5.41) is 6.60. The summed E-state index contributed by atoms with van der Waals surface area (Å²) in [4.78, 5) is 12.3. The summed E-state index contributed by atoms with van der Waals surface area (Å²) in [7, 11) is 0. The molecule has 2 rings (SSSR count). The number of nitrogens with one attached hydrogen (secondary N) is 2. The number of hydrogen-bond donors (Lipinski definition) is 2. The average molecular weight is 252 g/mol. The quantitative estimate of drug-likeness (QED) is 0.758. The SMILES string of the molecule is C[C@H](NC(=O)C1(C)CCCN1)C1CCCCCC1. The van der Waals surface area contributed by atoms with Crippen molar-refractivity contribution >= 4 is 5.91 Å². The van der Waals surface area contributed by atoms with Gasteiger partial charge in [-0.05, 0) is 52.0 Å². The Balaban J connectivity index is 1.85. The van der Waals surface area contributed by atoms with Crippen LogP contribution in [-0.4, -0.2) is 24.0 Å². The highest BCUT2D eigenvalue weighted by atomic mass is 16.2. The Bertz CT molecular complexity index is 276. The highest BCUT2D eigenvalue weighted by Crippen LogP contribution is 2.26. The van der Waals surface area contributed by atoms with E-state index < -0.39 is 0 Å². The second-order valence-electron chi connectivity index (χ2n) is 6.38. The zero-order valence-electron chi connectivity index (χ0n) is 11.9. The van der Waals surface area contributed by atoms with Crippen molar-refractivity contribution in [1.29, 1.82) is 0 Å². The third-order valence-corrected chi connectivity index (χ3v) is 4.84. The zero-order valence-corrected chi connectivity index (χ0v) is 11.9. The molecule has 1 unspecified atom stereocenters. The van der Waals surface area contributed by atoms with Crippen LogP contribution in [0.25, 0.3) is 0 Å². The summed E-state index contributed by atoms with van der Waals surface area (Å²) in [5.74, 6) is 0.887.